The lowest BCUT2D eigenvalue weighted by molar-refractivity contribution is -0.107. The van der Waals surface area contributed by atoms with Crippen LogP contribution >= 0.6 is 7.82 Å². The predicted molar refractivity (Wildman–Crippen MR) is 57.6 cm³/mol. The van der Waals surface area contributed by atoms with Gasteiger partial charge in [-0.15, -0.1) is 0 Å². The van der Waals surface area contributed by atoms with Gasteiger partial charge in [0.2, 0.25) is 0 Å². The van der Waals surface area contributed by atoms with Crippen LogP contribution in [-0.2, 0) is 13.8 Å². The van der Waals surface area contributed by atoms with Crippen molar-refractivity contribution in [3.05, 3.63) is 33.1 Å². The van der Waals surface area contributed by atoms with Crippen LogP contribution in [0.5, 0.6) is 0 Å². The van der Waals surface area contributed by atoms with E-state index >= 15 is 0 Å². The average Bonchev–Trinajstić information content (AvgIpc) is 2.63. The van der Waals surface area contributed by atoms with Crippen LogP contribution in [0.1, 0.15) is 19.1 Å². The van der Waals surface area contributed by atoms with Crippen LogP contribution in [0.25, 0.3) is 0 Å². The molecule has 2 atom stereocenters. The molecule has 3 N–H and O–H groups in total. The Labute approximate surface area is 100 Å². The van der Waals surface area contributed by atoms with E-state index in [1.165, 1.54) is 6.20 Å². The highest BCUT2D eigenvalue weighted by molar-refractivity contribution is 7.46. The van der Waals surface area contributed by atoms with E-state index in [1.807, 2.05) is 0 Å². The molecule has 1 aliphatic rings. The van der Waals surface area contributed by atoms with E-state index in [-0.39, 0.29) is 6.42 Å². The Morgan fingerprint density at radius 3 is 2.78 bits per heavy atom. The normalized spacial score (nSPS) is 24.3. The molecule has 1 saturated heterocycles. The highest BCUT2D eigenvalue weighted by Crippen LogP contribution is 2.42. The molecule has 1 aliphatic heterocycles. The number of aromatic amines is 1. The van der Waals surface area contributed by atoms with Crippen LogP contribution < -0.4 is 11.2 Å². The maximum atomic E-state index is 11.5. The summed E-state index contributed by atoms with van der Waals surface area (Å²) in [5.41, 5.74) is -1.18. The highest BCUT2D eigenvalue weighted by Gasteiger charge is 2.32. The fraction of sp³-hybridized carbons (Fsp3) is 0.500. The van der Waals surface area contributed by atoms with Crippen molar-refractivity contribution in [3.63, 3.8) is 0 Å². The number of hydrogen-bond donors (Lipinski definition) is 3. The van der Waals surface area contributed by atoms with Crippen molar-refractivity contribution in [2.24, 2.45) is 0 Å². The molecule has 0 unspecified atom stereocenters. The number of nitrogens with zero attached hydrogens (tertiary/aromatic N) is 1. The van der Waals surface area contributed by atoms with Crippen LogP contribution in [0.4, 0.5) is 0 Å². The third kappa shape index (κ3) is 3.15. The van der Waals surface area contributed by atoms with E-state index in [1.54, 1.807) is 0 Å². The minimum atomic E-state index is -4.62. The molecule has 10 heteroatoms. The minimum Gasteiger partial charge on any atom is -0.328 e. The Morgan fingerprint density at radius 1 is 1.44 bits per heavy atom. The maximum absolute atomic E-state index is 11.5. The molecule has 1 aromatic rings. The minimum absolute atomic E-state index is 0.237. The monoisotopic (exact) mass is 278 g/mol. The molecule has 0 aliphatic carbocycles. The molecular weight excluding hydrogens is 267 g/mol. The van der Waals surface area contributed by atoms with Gasteiger partial charge in [-0.25, -0.2) is 9.36 Å². The number of ether oxygens (including phenoxy) is 1. The van der Waals surface area contributed by atoms with Gasteiger partial charge in [0, 0.05) is 18.7 Å². The molecule has 2 rings (SSSR count). The van der Waals surface area contributed by atoms with Gasteiger partial charge < -0.3 is 14.5 Å². The van der Waals surface area contributed by atoms with Gasteiger partial charge in [0.25, 0.3) is 5.56 Å². The summed E-state index contributed by atoms with van der Waals surface area (Å²) < 4.78 is 21.3. The second-order valence-electron chi connectivity index (χ2n) is 3.71. The predicted octanol–water partition coefficient (Wildman–Crippen LogP) is -0.719. The maximum Gasteiger partial charge on any atom is 0.471 e. The molecule has 1 fully saturated rings. The van der Waals surface area contributed by atoms with Gasteiger partial charge in [-0.3, -0.25) is 18.9 Å². The Kier molecular flexibility index (Phi) is 3.51. The Balaban J connectivity index is 2.11. The molecular formula is C8H11N2O7P. The Bertz CT molecular complexity index is 588. The summed E-state index contributed by atoms with van der Waals surface area (Å²) in [6, 6.07) is 1.15. The van der Waals surface area contributed by atoms with Crippen molar-refractivity contribution in [1.82, 2.24) is 9.55 Å². The van der Waals surface area contributed by atoms with Gasteiger partial charge in [-0.2, -0.15) is 0 Å². The number of hydrogen-bond acceptors (Lipinski definition) is 5. The number of nitrogens with one attached hydrogen (secondary N) is 1. The number of phosphoric ester groups is 1. The molecule has 1 aromatic heterocycles. The summed E-state index contributed by atoms with van der Waals surface area (Å²) in [4.78, 5) is 41.6. The zero-order valence-corrected chi connectivity index (χ0v) is 9.95. The lowest BCUT2D eigenvalue weighted by Crippen LogP contribution is -2.31. The van der Waals surface area contributed by atoms with Crippen molar-refractivity contribution < 1.29 is 23.6 Å². The second kappa shape index (κ2) is 4.79. The number of phosphoric acid groups is 1. The van der Waals surface area contributed by atoms with Gasteiger partial charge in [-0.05, 0) is 6.42 Å². The van der Waals surface area contributed by atoms with Crippen molar-refractivity contribution in [1.29, 1.82) is 0 Å². The highest BCUT2D eigenvalue weighted by atomic mass is 31.2. The molecule has 0 spiro atoms. The summed E-state index contributed by atoms with van der Waals surface area (Å²) in [6.45, 7) is 0. The molecule has 0 radical (unpaired) electrons. The first-order valence-corrected chi connectivity index (χ1v) is 6.59. The topological polar surface area (TPSA) is 131 Å². The molecule has 100 valence electrons. The van der Waals surface area contributed by atoms with Crippen molar-refractivity contribution >= 4 is 7.82 Å². The average molecular weight is 278 g/mol. The summed E-state index contributed by atoms with van der Waals surface area (Å²) in [5.74, 6) is 0. The zero-order valence-electron chi connectivity index (χ0n) is 9.05. The summed E-state index contributed by atoms with van der Waals surface area (Å²) in [7, 11) is -4.62. The first-order chi connectivity index (χ1) is 8.35. The lowest BCUT2D eigenvalue weighted by Gasteiger charge is -2.15. The standard InChI is InChI=1S/C8H11N2O7P/c11-5-3-4-10(8(12)9-5)6-1-2-7(16-6)17-18(13,14)15/h3-4,6-7H,1-2H2,(H,9,11,12)(H2,13,14,15)/t6-,7-/m1/s1. The Morgan fingerprint density at radius 2 is 2.17 bits per heavy atom. The second-order valence-corrected chi connectivity index (χ2v) is 4.90. The molecule has 2 heterocycles. The smallest absolute Gasteiger partial charge is 0.328 e. The summed E-state index contributed by atoms with van der Waals surface area (Å²) in [6.07, 6.45) is 0.0458. The SMILES string of the molecule is O=c1ccn([C@H]2CC[C@@H](OP(=O)(O)O)O2)c(=O)[nH]1. The molecule has 18 heavy (non-hydrogen) atoms. The first-order valence-electron chi connectivity index (χ1n) is 5.06. The zero-order chi connectivity index (χ0) is 13.3. The van der Waals surface area contributed by atoms with Crippen LogP contribution in [0.2, 0.25) is 0 Å². The van der Waals surface area contributed by atoms with Crippen molar-refractivity contribution in [2.75, 3.05) is 0 Å². The molecule has 0 saturated carbocycles. The third-order valence-electron chi connectivity index (χ3n) is 2.37. The molecule has 9 nitrogen and oxygen atoms in total. The molecule has 0 bridgehead atoms. The largest absolute Gasteiger partial charge is 0.471 e. The Hall–Kier alpha value is -1.25. The fourth-order valence-electron chi connectivity index (χ4n) is 1.68. The number of rotatable bonds is 3. The number of aromatic nitrogens is 2. The summed E-state index contributed by atoms with van der Waals surface area (Å²) in [5, 5.41) is 0. The van der Waals surface area contributed by atoms with Crippen LogP contribution in [0, 0.1) is 0 Å². The van der Waals surface area contributed by atoms with Gasteiger partial charge in [0.1, 0.15) is 6.23 Å². The van der Waals surface area contributed by atoms with Crippen LogP contribution in [-0.4, -0.2) is 25.6 Å². The first kappa shape index (κ1) is 13.2. The fourth-order valence-corrected chi connectivity index (χ4v) is 2.14. The van der Waals surface area contributed by atoms with Gasteiger partial charge in [-0.1, -0.05) is 0 Å². The van der Waals surface area contributed by atoms with Gasteiger partial charge >= 0.3 is 13.5 Å². The number of H-pyrrole nitrogens is 1. The van der Waals surface area contributed by atoms with E-state index < -0.39 is 31.6 Å². The van der Waals surface area contributed by atoms with E-state index in [0.29, 0.717) is 6.42 Å². The van der Waals surface area contributed by atoms with Gasteiger partial charge in [0.15, 0.2) is 6.29 Å². The van der Waals surface area contributed by atoms with E-state index in [2.05, 4.69) is 9.51 Å². The molecule has 0 amide bonds. The van der Waals surface area contributed by atoms with E-state index in [9.17, 15) is 14.2 Å². The molecule has 0 aromatic carbocycles. The van der Waals surface area contributed by atoms with Crippen LogP contribution in [0.15, 0.2) is 21.9 Å². The quantitative estimate of drug-likeness (QED) is 0.622. The summed E-state index contributed by atoms with van der Waals surface area (Å²) >= 11 is 0. The van der Waals surface area contributed by atoms with Crippen molar-refractivity contribution in [3.8, 4) is 0 Å². The van der Waals surface area contributed by atoms with E-state index in [0.717, 1.165) is 10.6 Å². The van der Waals surface area contributed by atoms with Crippen LogP contribution in [0.3, 0.4) is 0 Å². The third-order valence-corrected chi connectivity index (χ3v) is 2.88. The van der Waals surface area contributed by atoms with Crippen molar-refractivity contribution in [2.45, 2.75) is 25.4 Å². The van der Waals surface area contributed by atoms with Gasteiger partial charge in [0.05, 0.1) is 0 Å². The lowest BCUT2D eigenvalue weighted by atomic mass is 10.3. The van der Waals surface area contributed by atoms with E-state index in [4.69, 9.17) is 14.5 Å².